The molecule has 0 bridgehead atoms. The monoisotopic (exact) mass is 577 g/mol. The quantitative estimate of drug-likeness (QED) is 0.0663. The van der Waals surface area contributed by atoms with Crippen molar-refractivity contribution in [3.63, 3.8) is 0 Å². The van der Waals surface area contributed by atoms with Crippen molar-refractivity contribution in [2.75, 3.05) is 20.6 Å². The molecule has 0 saturated carbocycles. The van der Waals surface area contributed by atoms with Gasteiger partial charge in [0.25, 0.3) is 4.46 Å². The predicted molar refractivity (Wildman–Crippen MR) is 172 cm³/mol. The number of rotatable bonds is 20. The molecular formula is C35H57Cl2NO. The van der Waals surface area contributed by atoms with Gasteiger partial charge in [-0.1, -0.05) is 140 Å². The van der Waals surface area contributed by atoms with Crippen molar-refractivity contribution in [3.05, 3.63) is 65.7 Å². The summed E-state index contributed by atoms with van der Waals surface area (Å²) in [6.45, 7) is 5.51. The highest BCUT2D eigenvalue weighted by molar-refractivity contribution is 6.46. The van der Waals surface area contributed by atoms with Gasteiger partial charge >= 0.3 is 0 Å². The Kier molecular flexibility index (Phi) is 19.8. The van der Waals surface area contributed by atoms with Gasteiger partial charge in [0.1, 0.15) is 0 Å². The highest BCUT2D eigenvalue weighted by atomic mass is 35.5. The first-order valence-corrected chi connectivity index (χ1v) is 16.5. The standard InChI is InChI=1S/C21H36Cl2N.C14H22O/c1-4-5-6-7-8-9-10-11-12-16-19-24(2,3)21(22,23)20-17-14-13-15-18-20;1-2-3-4-5-6-7-8-13-9-11-14(15)12-10-13/h13-15,17-18H,4-12,16,19H2,1-3H3;9-12,15H,2-8H2,1H3/q+1;/p-1. The molecule has 0 fully saturated rings. The summed E-state index contributed by atoms with van der Waals surface area (Å²) in [5, 5.41) is 10.9. The smallest absolute Gasteiger partial charge is 0.277 e. The maximum Gasteiger partial charge on any atom is 0.277 e. The Morgan fingerprint density at radius 3 is 1.51 bits per heavy atom. The molecule has 0 aromatic heterocycles. The molecule has 0 unspecified atom stereocenters. The van der Waals surface area contributed by atoms with Crippen LogP contribution in [0.3, 0.4) is 0 Å². The zero-order chi connectivity index (χ0) is 28.8. The van der Waals surface area contributed by atoms with Gasteiger partial charge in [-0.15, -0.1) is 5.75 Å². The minimum atomic E-state index is -0.888. The molecule has 0 radical (unpaired) electrons. The van der Waals surface area contributed by atoms with Crippen LogP contribution in [0, 0.1) is 0 Å². The largest absolute Gasteiger partial charge is 0.872 e. The summed E-state index contributed by atoms with van der Waals surface area (Å²) in [5.41, 5.74) is 2.27. The Labute approximate surface area is 251 Å². The molecule has 0 aliphatic rings. The van der Waals surface area contributed by atoms with Crippen LogP contribution in [0.2, 0.25) is 0 Å². The second-order valence-corrected chi connectivity index (χ2v) is 12.9. The SMILES string of the molecule is CCCCCCCCCCCC[N+](C)(C)C(Cl)(Cl)c1ccccc1.CCCCCCCCc1ccc([O-])cc1. The van der Waals surface area contributed by atoms with E-state index < -0.39 is 4.46 Å². The lowest BCUT2D eigenvalue weighted by Gasteiger charge is -2.40. The van der Waals surface area contributed by atoms with E-state index in [4.69, 9.17) is 23.2 Å². The molecule has 2 rings (SSSR count). The van der Waals surface area contributed by atoms with E-state index >= 15 is 0 Å². The highest BCUT2D eigenvalue weighted by Crippen LogP contribution is 2.41. The van der Waals surface area contributed by atoms with Crippen LogP contribution in [-0.4, -0.2) is 25.1 Å². The molecule has 0 N–H and O–H groups in total. The van der Waals surface area contributed by atoms with E-state index in [1.165, 1.54) is 108 Å². The van der Waals surface area contributed by atoms with Gasteiger partial charge in [-0.25, -0.2) is 0 Å². The minimum Gasteiger partial charge on any atom is -0.872 e. The van der Waals surface area contributed by atoms with Crippen LogP contribution in [0.5, 0.6) is 5.75 Å². The van der Waals surface area contributed by atoms with Gasteiger partial charge in [-0.2, -0.15) is 0 Å². The molecule has 2 nitrogen and oxygen atoms in total. The molecule has 0 atom stereocenters. The van der Waals surface area contributed by atoms with Gasteiger partial charge < -0.3 is 5.11 Å². The fraction of sp³-hybridized carbons (Fsp3) is 0.657. The number of quaternary nitrogens is 1. The summed E-state index contributed by atoms with van der Waals surface area (Å²) < 4.78 is -0.294. The first kappa shape index (κ1) is 35.8. The number of hydrogen-bond acceptors (Lipinski definition) is 1. The molecule has 0 saturated heterocycles. The topological polar surface area (TPSA) is 23.1 Å². The normalized spacial score (nSPS) is 11.7. The van der Waals surface area contributed by atoms with Gasteiger partial charge in [0.05, 0.1) is 20.6 Å². The van der Waals surface area contributed by atoms with Gasteiger partial charge in [0.15, 0.2) is 0 Å². The predicted octanol–water partition coefficient (Wildman–Crippen LogP) is 10.9. The third-order valence-corrected chi connectivity index (χ3v) is 9.05. The number of hydrogen-bond donors (Lipinski definition) is 0. The molecule has 2 aromatic carbocycles. The average Bonchev–Trinajstić information content (AvgIpc) is 2.93. The van der Waals surface area contributed by atoms with E-state index in [-0.39, 0.29) is 5.75 Å². The second kappa shape index (κ2) is 21.5. The minimum absolute atomic E-state index is 0.113. The third kappa shape index (κ3) is 16.0. The summed E-state index contributed by atoms with van der Waals surface area (Å²) in [6.07, 6.45) is 22.6. The number of unbranched alkanes of at least 4 members (excludes halogenated alkanes) is 14. The molecular weight excluding hydrogens is 521 g/mol. The van der Waals surface area contributed by atoms with Crippen molar-refractivity contribution in [2.24, 2.45) is 0 Å². The van der Waals surface area contributed by atoms with Crippen LogP contribution in [0.15, 0.2) is 54.6 Å². The maximum absolute atomic E-state index is 10.9. The van der Waals surface area contributed by atoms with E-state index in [0.29, 0.717) is 4.48 Å². The van der Waals surface area contributed by atoms with Gasteiger partial charge in [0.2, 0.25) is 0 Å². The third-order valence-electron chi connectivity index (χ3n) is 7.69. The first-order chi connectivity index (χ1) is 18.7. The zero-order valence-corrected chi connectivity index (χ0v) is 27.0. The number of aryl methyl sites for hydroxylation is 1. The van der Waals surface area contributed by atoms with Crippen molar-refractivity contribution >= 4 is 23.2 Å². The second-order valence-electron chi connectivity index (χ2n) is 11.7. The number of benzene rings is 2. The Bertz CT molecular complexity index is 820. The highest BCUT2D eigenvalue weighted by Gasteiger charge is 2.43. The van der Waals surface area contributed by atoms with Crippen molar-refractivity contribution < 1.29 is 9.59 Å². The summed E-state index contributed by atoms with van der Waals surface area (Å²) in [6, 6.07) is 17.2. The number of alkyl halides is 2. The molecule has 222 valence electrons. The zero-order valence-electron chi connectivity index (χ0n) is 25.5. The van der Waals surface area contributed by atoms with Crippen LogP contribution in [-0.2, 0) is 10.9 Å². The van der Waals surface area contributed by atoms with Gasteiger partial charge in [-0.05, 0) is 66.6 Å². The lowest BCUT2D eigenvalue weighted by Crippen LogP contribution is -2.51. The molecule has 2 aromatic rings. The Morgan fingerprint density at radius 1 is 0.590 bits per heavy atom. The molecule has 0 amide bonds. The Morgan fingerprint density at radius 2 is 1.03 bits per heavy atom. The summed E-state index contributed by atoms with van der Waals surface area (Å²) in [4.78, 5) is 0. The van der Waals surface area contributed by atoms with Crippen molar-refractivity contribution in [1.82, 2.24) is 0 Å². The van der Waals surface area contributed by atoms with Gasteiger partial charge in [0, 0.05) is 5.56 Å². The maximum atomic E-state index is 10.9. The summed E-state index contributed by atoms with van der Waals surface area (Å²) >= 11 is 13.4. The first-order valence-electron chi connectivity index (χ1n) is 15.8. The Balaban J connectivity index is 0.000000434. The van der Waals surface area contributed by atoms with E-state index in [9.17, 15) is 5.11 Å². The van der Waals surface area contributed by atoms with Crippen molar-refractivity contribution in [3.8, 4) is 5.75 Å². The van der Waals surface area contributed by atoms with E-state index in [0.717, 1.165) is 18.5 Å². The lowest BCUT2D eigenvalue weighted by molar-refractivity contribution is -0.920. The van der Waals surface area contributed by atoms with Gasteiger partial charge in [-0.3, -0.25) is 4.48 Å². The molecule has 0 aliphatic carbocycles. The number of halogens is 2. The van der Waals surface area contributed by atoms with Crippen LogP contribution < -0.4 is 5.11 Å². The summed E-state index contributed by atoms with van der Waals surface area (Å²) in [7, 11) is 4.25. The molecule has 0 heterocycles. The van der Waals surface area contributed by atoms with Crippen LogP contribution in [0.4, 0.5) is 0 Å². The fourth-order valence-corrected chi connectivity index (χ4v) is 5.31. The molecule has 0 aliphatic heterocycles. The number of nitrogens with zero attached hydrogens (tertiary/aromatic N) is 1. The van der Waals surface area contributed by atoms with Crippen molar-refractivity contribution in [1.29, 1.82) is 0 Å². The van der Waals surface area contributed by atoms with Crippen LogP contribution in [0.1, 0.15) is 128 Å². The molecule has 39 heavy (non-hydrogen) atoms. The van der Waals surface area contributed by atoms with Crippen LogP contribution in [0.25, 0.3) is 0 Å². The van der Waals surface area contributed by atoms with E-state index in [1.54, 1.807) is 12.1 Å². The molecule has 0 spiro atoms. The van der Waals surface area contributed by atoms with E-state index in [1.807, 2.05) is 42.5 Å². The van der Waals surface area contributed by atoms with E-state index in [2.05, 4.69) is 27.9 Å². The fourth-order valence-electron chi connectivity index (χ4n) is 4.89. The van der Waals surface area contributed by atoms with Crippen LogP contribution >= 0.6 is 23.2 Å². The van der Waals surface area contributed by atoms with Crippen molar-refractivity contribution in [2.45, 2.75) is 127 Å². The average molecular weight is 579 g/mol. The lowest BCUT2D eigenvalue weighted by atomic mass is 10.1. The summed E-state index contributed by atoms with van der Waals surface area (Å²) in [5.74, 6) is 0.113. The Hall–Kier alpha value is -1.22. The molecule has 4 heteroatoms.